The maximum Gasteiger partial charge on any atom is 0.407 e. The number of carbonyl (C=O) groups is 1. The zero-order valence-electron chi connectivity index (χ0n) is 15.9. The highest BCUT2D eigenvalue weighted by Crippen LogP contribution is 2.44. The molecule has 28 heavy (non-hydrogen) atoms. The highest BCUT2D eigenvalue weighted by molar-refractivity contribution is 7.10. The van der Waals surface area contributed by atoms with E-state index in [1.807, 2.05) is 12.1 Å². The summed E-state index contributed by atoms with van der Waals surface area (Å²) < 4.78 is 5.54. The summed E-state index contributed by atoms with van der Waals surface area (Å²) in [6, 6.07) is 18.9. The number of ether oxygens (including phenoxy) is 1. The maximum atomic E-state index is 12.1. The highest BCUT2D eigenvalue weighted by Gasteiger charge is 2.28. The predicted molar refractivity (Wildman–Crippen MR) is 116 cm³/mol. The van der Waals surface area contributed by atoms with Crippen molar-refractivity contribution in [2.24, 2.45) is 0 Å². The van der Waals surface area contributed by atoms with Crippen LogP contribution in [0.5, 0.6) is 0 Å². The van der Waals surface area contributed by atoms with Gasteiger partial charge in [0.15, 0.2) is 0 Å². The standard InChI is InChI=1S/C24H23NO2S/c1-17-14-18(16-28-17)8-6-7-13-25-24(26)27-15-23-21-11-4-2-9-19(21)20-10-3-5-12-22(20)23/h2-6,8-12,14,16,23H,7,13,15H2,1H3,(H,25,26). The van der Waals surface area contributed by atoms with Gasteiger partial charge in [-0.2, -0.15) is 0 Å². The second-order valence-corrected chi connectivity index (χ2v) is 8.05. The first kappa shape index (κ1) is 18.5. The molecule has 1 aliphatic carbocycles. The van der Waals surface area contributed by atoms with Crippen molar-refractivity contribution in [3.63, 3.8) is 0 Å². The van der Waals surface area contributed by atoms with Crippen molar-refractivity contribution in [2.45, 2.75) is 19.3 Å². The van der Waals surface area contributed by atoms with Crippen molar-refractivity contribution in [1.29, 1.82) is 0 Å². The molecule has 0 fully saturated rings. The van der Waals surface area contributed by atoms with E-state index in [0.717, 1.165) is 6.42 Å². The fourth-order valence-corrected chi connectivity index (χ4v) is 4.35. The number of aryl methyl sites for hydroxylation is 1. The zero-order valence-corrected chi connectivity index (χ0v) is 16.7. The molecule has 0 aliphatic heterocycles. The van der Waals surface area contributed by atoms with Gasteiger partial charge in [0.05, 0.1) is 0 Å². The van der Waals surface area contributed by atoms with E-state index >= 15 is 0 Å². The summed E-state index contributed by atoms with van der Waals surface area (Å²) in [6.07, 6.45) is 4.58. The Morgan fingerprint density at radius 2 is 1.79 bits per heavy atom. The van der Waals surface area contributed by atoms with Crippen molar-refractivity contribution in [3.8, 4) is 11.1 Å². The van der Waals surface area contributed by atoms with Crippen molar-refractivity contribution >= 4 is 23.5 Å². The fourth-order valence-electron chi connectivity index (χ4n) is 3.68. The molecule has 0 bridgehead atoms. The summed E-state index contributed by atoms with van der Waals surface area (Å²) in [5.74, 6) is 0.0971. The number of thiophene rings is 1. The number of hydrogen-bond acceptors (Lipinski definition) is 3. The van der Waals surface area contributed by atoms with Gasteiger partial charge in [0.2, 0.25) is 0 Å². The molecule has 0 unspecified atom stereocenters. The van der Waals surface area contributed by atoms with Crippen LogP contribution in [0, 0.1) is 6.92 Å². The monoisotopic (exact) mass is 389 g/mol. The van der Waals surface area contributed by atoms with Crippen molar-refractivity contribution in [1.82, 2.24) is 5.32 Å². The smallest absolute Gasteiger partial charge is 0.407 e. The van der Waals surface area contributed by atoms with Crippen LogP contribution >= 0.6 is 11.3 Å². The van der Waals surface area contributed by atoms with E-state index in [2.05, 4.69) is 72.2 Å². The van der Waals surface area contributed by atoms with Gasteiger partial charge in [-0.3, -0.25) is 0 Å². The summed E-state index contributed by atoms with van der Waals surface area (Å²) in [6.45, 7) is 3.01. The molecular formula is C24H23NO2S. The highest BCUT2D eigenvalue weighted by atomic mass is 32.1. The largest absolute Gasteiger partial charge is 0.449 e. The summed E-state index contributed by atoms with van der Waals surface area (Å²) in [5, 5.41) is 4.97. The summed E-state index contributed by atoms with van der Waals surface area (Å²) >= 11 is 1.74. The topological polar surface area (TPSA) is 38.3 Å². The van der Waals surface area contributed by atoms with Crippen LogP contribution in [0.25, 0.3) is 17.2 Å². The van der Waals surface area contributed by atoms with Gasteiger partial charge >= 0.3 is 6.09 Å². The molecule has 0 atom stereocenters. The maximum absolute atomic E-state index is 12.1. The lowest BCUT2D eigenvalue weighted by Crippen LogP contribution is -2.26. The number of rotatable bonds is 6. The van der Waals surface area contributed by atoms with Gasteiger partial charge in [-0.15, -0.1) is 11.3 Å². The van der Waals surface area contributed by atoms with E-state index in [1.54, 1.807) is 11.3 Å². The molecule has 3 nitrogen and oxygen atoms in total. The van der Waals surface area contributed by atoms with E-state index in [-0.39, 0.29) is 12.0 Å². The molecule has 2 aromatic carbocycles. The predicted octanol–water partition coefficient (Wildman–Crippen LogP) is 6.00. The first-order chi connectivity index (χ1) is 13.7. The first-order valence-corrected chi connectivity index (χ1v) is 10.4. The third kappa shape index (κ3) is 4.02. The molecule has 0 saturated carbocycles. The van der Waals surface area contributed by atoms with Crippen LogP contribution in [-0.2, 0) is 4.74 Å². The molecule has 1 heterocycles. The van der Waals surface area contributed by atoms with E-state index in [4.69, 9.17) is 4.74 Å². The number of nitrogens with one attached hydrogen (secondary N) is 1. The molecule has 4 rings (SSSR count). The van der Waals surface area contributed by atoms with Crippen LogP contribution in [-0.4, -0.2) is 19.2 Å². The third-order valence-corrected chi connectivity index (χ3v) is 5.86. The Morgan fingerprint density at radius 1 is 1.11 bits per heavy atom. The van der Waals surface area contributed by atoms with E-state index < -0.39 is 0 Å². The minimum absolute atomic E-state index is 0.0971. The zero-order chi connectivity index (χ0) is 19.3. The minimum Gasteiger partial charge on any atom is -0.449 e. The second kappa shape index (κ2) is 8.44. The molecule has 3 aromatic rings. The Morgan fingerprint density at radius 3 is 2.43 bits per heavy atom. The van der Waals surface area contributed by atoms with Crippen LogP contribution in [0.1, 0.15) is 33.9 Å². The molecule has 142 valence electrons. The van der Waals surface area contributed by atoms with Crippen molar-refractivity contribution < 1.29 is 9.53 Å². The average Bonchev–Trinajstić information content (AvgIpc) is 3.27. The van der Waals surface area contributed by atoms with Crippen LogP contribution < -0.4 is 5.32 Å². The number of amides is 1. The Hall–Kier alpha value is -2.85. The van der Waals surface area contributed by atoms with Gasteiger partial charge in [-0.1, -0.05) is 60.7 Å². The molecule has 0 spiro atoms. The number of benzene rings is 2. The lowest BCUT2D eigenvalue weighted by atomic mass is 9.98. The van der Waals surface area contributed by atoms with Crippen LogP contribution in [0.15, 0.2) is 66.1 Å². The Balaban J connectivity index is 1.29. The van der Waals surface area contributed by atoms with Gasteiger partial charge in [0.1, 0.15) is 6.61 Å². The van der Waals surface area contributed by atoms with Crippen LogP contribution in [0.2, 0.25) is 0 Å². The average molecular weight is 390 g/mol. The number of hydrogen-bond donors (Lipinski definition) is 1. The third-order valence-electron chi connectivity index (χ3n) is 4.99. The summed E-state index contributed by atoms with van der Waals surface area (Å²) in [5.41, 5.74) is 6.14. The Bertz CT molecular complexity index is 960. The van der Waals surface area contributed by atoms with Gasteiger partial charge in [0.25, 0.3) is 0 Å². The Kier molecular flexibility index (Phi) is 5.58. The van der Waals surface area contributed by atoms with Gasteiger partial charge in [-0.25, -0.2) is 4.79 Å². The minimum atomic E-state index is -0.360. The molecule has 0 saturated heterocycles. The van der Waals surface area contributed by atoms with E-state index in [0.29, 0.717) is 13.2 Å². The Labute approximate surface area is 169 Å². The molecule has 1 aromatic heterocycles. The molecule has 4 heteroatoms. The number of fused-ring (bicyclic) bond motifs is 3. The molecule has 1 N–H and O–H groups in total. The van der Waals surface area contributed by atoms with Gasteiger partial charge in [0, 0.05) is 17.3 Å². The van der Waals surface area contributed by atoms with Crippen LogP contribution in [0.4, 0.5) is 4.79 Å². The fraction of sp³-hybridized carbons (Fsp3) is 0.208. The van der Waals surface area contributed by atoms with E-state index in [9.17, 15) is 4.79 Å². The normalized spacial score (nSPS) is 12.8. The molecule has 0 radical (unpaired) electrons. The quantitative estimate of drug-likeness (QED) is 0.525. The van der Waals surface area contributed by atoms with Gasteiger partial charge in [-0.05, 0) is 52.6 Å². The van der Waals surface area contributed by atoms with Crippen LogP contribution in [0.3, 0.4) is 0 Å². The van der Waals surface area contributed by atoms with Gasteiger partial charge < -0.3 is 10.1 Å². The van der Waals surface area contributed by atoms with Crippen molar-refractivity contribution in [2.75, 3.05) is 13.2 Å². The van der Waals surface area contributed by atoms with E-state index in [1.165, 1.54) is 32.7 Å². The SMILES string of the molecule is Cc1cc(C=CCCNC(=O)OCC2c3ccccc3-c3ccccc32)cs1. The number of carbonyl (C=O) groups excluding carboxylic acids is 1. The first-order valence-electron chi connectivity index (χ1n) is 9.53. The summed E-state index contributed by atoms with van der Waals surface area (Å²) in [7, 11) is 0. The molecular weight excluding hydrogens is 366 g/mol. The second-order valence-electron chi connectivity index (χ2n) is 6.93. The number of alkyl carbamates (subject to hydrolysis) is 1. The lowest BCUT2D eigenvalue weighted by Gasteiger charge is -2.14. The summed E-state index contributed by atoms with van der Waals surface area (Å²) in [4.78, 5) is 13.4. The molecule has 1 aliphatic rings. The molecule has 1 amide bonds. The van der Waals surface area contributed by atoms with Crippen molar-refractivity contribution in [3.05, 3.63) is 87.6 Å². The lowest BCUT2D eigenvalue weighted by molar-refractivity contribution is 0.143.